The summed E-state index contributed by atoms with van der Waals surface area (Å²) in [6.45, 7) is 0.462. The SMILES string of the molecule is O=C(O)N1CCCCC1n1c(=O)[nH]c2cnccc21. The molecular weight excluding hydrogens is 248 g/mol. The molecule has 19 heavy (non-hydrogen) atoms. The number of carbonyl (C=O) groups is 1. The van der Waals surface area contributed by atoms with E-state index < -0.39 is 12.3 Å². The zero-order chi connectivity index (χ0) is 13.4. The van der Waals surface area contributed by atoms with Gasteiger partial charge in [-0.2, -0.15) is 0 Å². The van der Waals surface area contributed by atoms with Gasteiger partial charge in [-0.15, -0.1) is 0 Å². The summed E-state index contributed by atoms with van der Waals surface area (Å²) in [5.74, 6) is 0. The third-order valence-electron chi connectivity index (χ3n) is 3.53. The number of likely N-dealkylation sites (tertiary alicyclic amines) is 1. The Labute approximate surface area is 108 Å². The molecule has 1 aliphatic heterocycles. The van der Waals surface area contributed by atoms with E-state index in [2.05, 4.69) is 9.97 Å². The number of fused-ring (bicyclic) bond motifs is 1. The minimum atomic E-state index is -0.986. The average Bonchev–Trinajstić information content (AvgIpc) is 2.74. The molecule has 0 saturated carbocycles. The molecule has 0 bridgehead atoms. The van der Waals surface area contributed by atoms with Gasteiger partial charge < -0.3 is 10.1 Å². The van der Waals surface area contributed by atoms with Crippen LogP contribution in [0.15, 0.2) is 23.3 Å². The number of carboxylic acid groups (broad SMARTS) is 1. The second-order valence-electron chi connectivity index (χ2n) is 4.65. The van der Waals surface area contributed by atoms with Gasteiger partial charge in [0.1, 0.15) is 6.17 Å². The molecule has 1 saturated heterocycles. The van der Waals surface area contributed by atoms with E-state index in [9.17, 15) is 14.7 Å². The normalized spacial score (nSPS) is 19.8. The van der Waals surface area contributed by atoms with Crippen LogP contribution in [0, 0.1) is 0 Å². The molecule has 1 amide bonds. The van der Waals surface area contributed by atoms with Crippen molar-refractivity contribution in [1.29, 1.82) is 0 Å². The lowest BCUT2D eigenvalue weighted by Gasteiger charge is -2.34. The van der Waals surface area contributed by atoms with Crippen molar-refractivity contribution in [3.05, 3.63) is 28.9 Å². The fourth-order valence-corrected chi connectivity index (χ4v) is 2.68. The zero-order valence-electron chi connectivity index (χ0n) is 10.2. The summed E-state index contributed by atoms with van der Waals surface area (Å²) in [5, 5.41) is 9.26. The number of hydrogen-bond donors (Lipinski definition) is 2. The molecule has 2 aromatic rings. The summed E-state index contributed by atoms with van der Waals surface area (Å²) in [7, 11) is 0. The van der Waals surface area contributed by atoms with Gasteiger partial charge in [0, 0.05) is 12.7 Å². The second kappa shape index (κ2) is 4.42. The van der Waals surface area contributed by atoms with Crippen molar-refractivity contribution in [1.82, 2.24) is 19.4 Å². The molecule has 7 heteroatoms. The van der Waals surface area contributed by atoms with Crippen molar-refractivity contribution in [3.8, 4) is 0 Å². The predicted octanol–water partition coefficient (Wildman–Crippen LogP) is 1.39. The summed E-state index contributed by atoms with van der Waals surface area (Å²) in [6.07, 6.45) is 4.15. The molecule has 1 unspecified atom stereocenters. The molecule has 7 nitrogen and oxygen atoms in total. The highest BCUT2D eigenvalue weighted by Crippen LogP contribution is 2.27. The first kappa shape index (κ1) is 11.8. The first-order valence-electron chi connectivity index (χ1n) is 6.22. The molecule has 2 N–H and O–H groups in total. The molecule has 3 heterocycles. The molecule has 1 atom stereocenters. The third kappa shape index (κ3) is 1.87. The number of aromatic nitrogens is 3. The van der Waals surface area contributed by atoms with Crippen molar-refractivity contribution in [2.45, 2.75) is 25.4 Å². The third-order valence-corrected chi connectivity index (χ3v) is 3.53. The fraction of sp³-hybridized carbons (Fsp3) is 0.417. The highest BCUT2D eigenvalue weighted by molar-refractivity contribution is 5.74. The Balaban J connectivity index is 2.14. The molecule has 3 rings (SSSR count). The summed E-state index contributed by atoms with van der Waals surface area (Å²) in [5.41, 5.74) is 1.03. The van der Waals surface area contributed by atoms with Crippen LogP contribution in [0.5, 0.6) is 0 Å². The smallest absolute Gasteiger partial charge is 0.408 e. The molecule has 0 aliphatic carbocycles. The summed E-state index contributed by atoms with van der Waals surface area (Å²) in [6, 6.07) is 1.72. The maximum atomic E-state index is 12.1. The second-order valence-corrected chi connectivity index (χ2v) is 4.65. The van der Waals surface area contributed by atoms with E-state index in [-0.39, 0.29) is 5.69 Å². The van der Waals surface area contributed by atoms with E-state index in [0.717, 1.165) is 12.8 Å². The van der Waals surface area contributed by atoms with Crippen LogP contribution in [0.4, 0.5) is 4.79 Å². The maximum absolute atomic E-state index is 12.1. The first-order chi connectivity index (χ1) is 9.18. The number of nitrogens with one attached hydrogen (secondary N) is 1. The Kier molecular flexibility index (Phi) is 2.73. The minimum Gasteiger partial charge on any atom is -0.465 e. The van der Waals surface area contributed by atoms with Gasteiger partial charge in [0.05, 0.1) is 17.2 Å². The van der Waals surface area contributed by atoms with Crippen molar-refractivity contribution < 1.29 is 9.90 Å². The number of hydrogen-bond acceptors (Lipinski definition) is 3. The van der Waals surface area contributed by atoms with Gasteiger partial charge in [-0.3, -0.25) is 14.5 Å². The van der Waals surface area contributed by atoms with Crippen LogP contribution in [0.25, 0.3) is 11.0 Å². The Morgan fingerprint density at radius 2 is 2.32 bits per heavy atom. The molecule has 1 aliphatic rings. The number of aromatic amines is 1. The summed E-state index contributed by atoms with van der Waals surface area (Å²) >= 11 is 0. The summed E-state index contributed by atoms with van der Waals surface area (Å²) < 4.78 is 1.52. The largest absolute Gasteiger partial charge is 0.465 e. The number of rotatable bonds is 1. The highest BCUT2D eigenvalue weighted by Gasteiger charge is 2.29. The predicted molar refractivity (Wildman–Crippen MR) is 68.0 cm³/mol. The van der Waals surface area contributed by atoms with E-state index in [1.54, 1.807) is 18.5 Å². The van der Waals surface area contributed by atoms with Crippen LogP contribution in [0.3, 0.4) is 0 Å². The number of piperidine rings is 1. The van der Waals surface area contributed by atoms with Crippen LogP contribution < -0.4 is 5.69 Å². The maximum Gasteiger partial charge on any atom is 0.408 e. The Hall–Kier alpha value is -2.31. The van der Waals surface area contributed by atoms with Crippen molar-refractivity contribution >= 4 is 17.1 Å². The van der Waals surface area contributed by atoms with Gasteiger partial charge >= 0.3 is 11.8 Å². The Morgan fingerprint density at radius 1 is 1.47 bits per heavy atom. The quantitative estimate of drug-likeness (QED) is 0.812. The van der Waals surface area contributed by atoms with E-state index in [1.165, 1.54) is 9.47 Å². The number of pyridine rings is 1. The average molecular weight is 262 g/mol. The first-order valence-corrected chi connectivity index (χ1v) is 6.22. The Bertz CT molecular complexity index is 675. The van der Waals surface area contributed by atoms with Gasteiger partial charge in [0.15, 0.2) is 0 Å². The fourth-order valence-electron chi connectivity index (χ4n) is 2.68. The van der Waals surface area contributed by atoms with Crippen molar-refractivity contribution in [2.75, 3.05) is 6.54 Å². The topological polar surface area (TPSA) is 91.2 Å². The van der Waals surface area contributed by atoms with Gasteiger partial charge in [-0.25, -0.2) is 9.59 Å². The molecule has 0 spiro atoms. The number of H-pyrrole nitrogens is 1. The number of imidazole rings is 1. The Morgan fingerprint density at radius 3 is 3.11 bits per heavy atom. The number of nitrogens with zero attached hydrogens (tertiary/aromatic N) is 3. The van der Waals surface area contributed by atoms with E-state index >= 15 is 0 Å². The monoisotopic (exact) mass is 262 g/mol. The van der Waals surface area contributed by atoms with Crippen molar-refractivity contribution in [3.63, 3.8) is 0 Å². The molecular formula is C12H14N4O3. The zero-order valence-corrected chi connectivity index (χ0v) is 10.2. The van der Waals surface area contributed by atoms with Crippen LogP contribution in [-0.2, 0) is 0 Å². The molecule has 100 valence electrons. The van der Waals surface area contributed by atoms with Crippen LogP contribution >= 0.6 is 0 Å². The van der Waals surface area contributed by atoms with E-state index in [4.69, 9.17) is 0 Å². The molecule has 1 fully saturated rings. The minimum absolute atomic E-state index is 0.291. The summed E-state index contributed by atoms with van der Waals surface area (Å²) in [4.78, 5) is 31.4. The standard InChI is InChI=1S/C12H14N4O3/c17-11-14-8-7-13-5-4-9(8)16(11)10-3-1-2-6-15(10)12(18)19/h4-5,7,10H,1-3,6H2,(H,14,17)(H,18,19). The van der Waals surface area contributed by atoms with Crippen LogP contribution in [0.2, 0.25) is 0 Å². The van der Waals surface area contributed by atoms with Gasteiger partial charge in [-0.05, 0) is 25.3 Å². The van der Waals surface area contributed by atoms with Crippen molar-refractivity contribution in [2.24, 2.45) is 0 Å². The van der Waals surface area contributed by atoms with Gasteiger partial charge in [0.25, 0.3) is 0 Å². The number of amides is 1. The van der Waals surface area contributed by atoms with Gasteiger partial charge in [0.2, 0.25) is 0 Å². The molecule has 2 aromatic heterocycles. The lowest BCUT2D eigenvalue weighted by Crippen LogP contribution is -2.43. The lowest BCUT2D eigenvalue weighted by molar-refractivity contribution is 0.0798. The molecule has 0 aromatic carbocycles. The van der Waals surface area contributed by atoms with Crippen LogP contribution in [-0.4, -0.2) is 37.2 Å². The highest BCUT2D eigenvalue weighted by atomic mass is 16.4. The van der Waals surface area contributed by atoms with E-state index in [1.807, 2.05) is 0 Å². The molecule has 0 radical (unpaired) electrons. The van der Waals surface area contributed by atoms with Crippen LogP contribution in [0.1, 0.15) is 25.4 Å². The van der Waals surface area contributed by atoms with Gasteiger partial charge in [-0.1, -0.05) is 0 Å². The lowest BCUT2D eigenvalue weighted by atomic mass is 10.1. The van der Waals surface area contributed by atoms with E-state index in [0.29, 0.717) is 24.0 Å².